The third-order valence-electron chi connectivity index (χ3n) is 4.72. The Kier molecular flexibility index (Phi) is 6.48. The molecule has 0 aromatic heterocycles. The SMILES string of the molecule is Nc1c(C(=O)N2CCN(CC(=O)Nc3ccccc3Cl)CC2)cc(F)cc1[N+](=O)[O-]. The number of halogens is 2. The zero-order valence-corrected chi connectivity index (χ0v) is 16.6. The van der Waals surface area contributed by atoms with Gasteiger partial charge in [-0.2, -0.15) is 0 Å². The maximum absolute atomic E-state index is 13.7. The summed E-state index contributed by atoms with van der Waals surface area (Å²) in [6.07, 6.45) is 0. The summed E-state index contributed by atoms with van der Waals surface area (Å²) in [5, 5.41) is 14.2. The van der Waals surface area contributed by atoms with Gasteiger partial charge in [0.15, 0.2) is 0 Å². The Morgan fingerprint density at radius 1 is 1.20 bits per heavy atom. The van der Waals surface area contributed by atoms with Crippen LogP contribution in [0, 0.1) is 15.9 Å². The summed E-state index contributed by atoms with van der Waals surface area (Å²) in [4.78, 5) is 38.4. The molecule has 0 radical (unpaired) electrons. The predicted octanol–water partition coefficient (Wildman–Crippen LogP) is 2.37. The van der Waals surface area contributed by atoms with Crippen molar-refractivity contribution in [3.63, 3.8) is 0 Å². The third kappa shape index (κ3) is 4.84. The van der Waals surface area contributed by atoms with Gasteiger partial charge in [-0.3, -0.25) is 24.6 Å². The largest absolute Gasteiger partial charge is 0.393 e. The van der Waals surface area contributed by atoms with Crippen molar-refractivity contribution in [3.8, 4) is 0 Å². The number of para-hydroxylation sites is 1. The number of carbonyl (C=O) groups is 2. The van der Waals surface area contributed by atoms with Crippen molar-refractivity contribution in [2.24, 2.45) is 0 Å². The highest BCUT2D eigenvalue weighted by atomic mass is 35.5. The molecule has 158 valence electrons. The lowest BCUT2D eigenvalue weighted by molar-refractivity contribution is -0.384. The van der Waals surface area contributed by atoms with E-state index in [4.69, 9.17) is 17.3 Å². The van der Waals surface area contributed by atoms with Gasteiger partial charge in [0.2, 0.25) is 5.91 Å². The second-order valence-electron chi connectivity index (χ2n) is 6.74. The zero-order chi connectivity index (χ0) is 21.8. The smallest absolute Gasteiger partial charge is 0.295 e. The van der Waals surface area contributed by atoms with Crippen LogP contribution in [0.3, 0.4) is 0 Å². The monoisotopic (exact) mass is 435 g/mol. The van der Waals surface area contributed by atoms with Crippen molar-refractivity contribution in [1.29, 1.82) is 0 Å². The number of nitrogens with zero attached hydrogens (tertiary/aromatic N) is 3. The molecule has 3 N–H and O–H groups in total. The maximum atomic E-state index is 13.7. The Morgan fingerprint density at radius 3 is 2.50 bits per heavy atom. The first-order valence-electron chi connectivity index (χ1n) is 9.05. The lowest BCUT2D eigenvalue weighted by Gasteiger charge is -2.34. The number of carbonyl (C=O) groups excluding carboxylic acids is 2. The van der Waals surface area contributed by atoms with Gasteiger partial charge in [-0.15, -0.1) is 0 Å². The van der Waals surface area contributed by atoms with Gasteiger partial charge in [0.25, 0.3) is 11.6 Å². The lowest BCUT2D eigenvalue weighted by Crippen LogP contribution is -2.50. The molecule has 30 heavy (non-hydrogen) atoms. The normalized spacial score (nSPS) is 14.4. The van der Waals surface area contributed by atoms with E-state index in [2.05, 4.69) is 5.32 Å². The molecule has 1 heterocycles. The number of piperazine rings is 1. The first-order valence-corrected chi connectivity index (χ1v) is 9.43. The Balaban J connectivity index is 1.59. The number of nitro groups is 1. The molecule has 0 bridgehead atoms. The van der Waals surface area contributed by atoms with Gasteiger partial charge in [-0.1, -0.05) is 23.7 Å². The summed E-state index contributed by atoms with van der Waals surface area (Å²) >= 11 is 6.03. The molecule has 1 aliphatic heterocycles. The summed E-state index contributed by atoms with van der Waals surface area (Å²) in [6, 6.07) is 8.46. The average Bonchev–Trinajstić information content (AvgIpc) is 2.71. The van der Waals surface area contributed by atoms with E-state index in [-0.39, 0.29) is 36.8 Å². The minimum Gasteiger partial charge on any atom is -0.393 e. The van der Waals surface area contributed by atoms with E-state index in [9.17, 15) is 24.1 Å². The first-order chi connectivity index (χ1) is 14.3. The van der Waals surface area contributed by atoms with Gasteiger partial charge in [0.05, 0.1) is 33.8 Å². The fourth-order valence-electron chi connectivity index (χ4n) is 3.17. The van der Waals surface area contributed by atoms with Crippen LogP contribution in [-0.4, -0.2) is 59.3 Å². The fraction of sp³-hybridized carbons (Fsp3) is 0.263. The third-order valence-corrected chi connectivity index (χ3v) is 5.05. The summed E-state index contributed by atoms with van der Waals surface area (Å²) in [5.74, 6) is -1.74. The molecule has 0 aliphatic carbocycles. The summed E-state index contributed by atoms with van der Waals surface area (Å²) < 4.78 is 13.7. The Hall–Kier alpha value is -3.24. The molecular formula is C19H19ClFN5O4. The van der Waals surface area contributed by atoms with Gasteiger partial charge in [0, 0.05) is 26.2 Å². The van der Waals surface area contributed by atoms with Crippen LogP contribution in [0.1, 0.15) is 10.4 Å². The van der Waals surface area contributed by atoms with Crippen LogP contribution in [0.2, 0.25) is 5.02 Å². The second kappa shape index (κ2) is 9.06. The molecule has 3 rings (SSSR count). The summed E-state index contributed by atoms with van der Waals surface area (Å²) in [6.45, 7) is 1.45. The van der Waals surface area contributed by atoms with Gasteiger partial charge in [-0.25, -0.2) is 4.39 Å². The maximum Gasteiger partial charge on any atom is 0.295 e. The standard InChI is InChI=1S/C19H19ClFN5O4/c20-14-3-1-2-4-15(14)23-17(27)11-24-5-7-25(8-6-24)19(28)13-9-12(21)10-16(18(13)22)26(29)30/h1-4,9-10H,5-8,11,22H2,(H,23,27). The molecule has 2 aromatic carbocycles. The molecule has 11 heteroatoms. The highest BCUT2D eigenvalue weighted by Gasteiger charge is 2.28. The predicted molar refractivity (Wildman–Crippen MR) is 110 cm³/mol. The van der Waals surface area contributed by atoms with Gasteiger partial charge in [0.1, 0.15) is 11.5 Å². The highest BCUT2D eigenvalue weighted by Crippen LogP contribution is 2.28. The molecule has 0 atom stereocenters. The fourth-order valence-corrected chi connectivity index (χ4v) is 3.35. The van der Waals surface area contributed by atoms with Gasteiger partial charge < -0.3 is 16.0 Å². The van der Waals surface area contributed by atoms with Crippen LogP contribution in [0.15, 0.2) is 36.4 Å². The van der Waals surface area contributed by atoms with Crippen LogP contribution in [-0.2, 0) is 4.79 Å². The Labute approximate surface area is 176 Å². The number of benzene rings is 2. The number of rotatable bonds is 5. The van der Waals surface area contributed by atoms with Crippen LogP contribution < -0.4 is 11.1 Å². The topological polar surface area (TPSA) is 122 Å². The quantitative estimate of drug-likeness (QED) is 0.422. The highest BCUT2D eigenvalue weighted by molar-refractivity contribution is 6.33. The molecular weight excluding hydrogens is 417 g/mol. The number of nitrogen functional groups attached to an aromatic ring is 1. The second-order valence-corrected chi connectivity index (χ2v) is 7.15. The van der Waals surface area contributed by atoms with Crippen molar-refractivity contribution in [2.75, 3.05) is 43.8 Å². The van der Waals surface area contributed by atoms with E-state index < -0.39 is 22.3 Å². The number of nitrogens with one attached hydrogen (secondary N) is 1. The van der Waals surface area contributed by atoms with E-state index in [1.165, 1.54) is 4.90 Å². The minimum atomic E-state index is -0.908. The van der Waals surface area contributed by atoms with Crippen molar-refractivity contribution in [2.45, 2.75) is 0 Å². The summed E-state index contributed by atoms with van der Waals surface area (Å²) in [7, 11) is 0. The van der Waals surface area contributed by atoms with E-state index in [1.54, 1.807) is 24.3 Å². The molecule has 2 amide bonds. The van der Waals surface area contributed by atoms with E-state index in [0.29, 0.717) is 29.9 Å². The van der Waals surface area contributed by atoms with Crippen molar-refractivity contribution < 1.29 is 18.9 Å². The van der Waals surface area contributed by atoms with E-state index in [0.717, 1.165) is 6.07 Å². The number of hydrogen-bond donors (Lipinski definition) is 2. The lowest BCUT2D eigenvalue weighted by atomic mass is 10.1. The van der Waals surface area contributed by atoms with E-state index in [1.807, 2.05) is 4.90 Å². The van der Waals surface area contributed by atoms with Crippen molar-refractivity contribution in [3.05, 3.63) is 62.9 Å². The molecule has 1 fully saturated rings. The zero-order valence-electron chi connectivity index (χ0n) is 15.8. The number of nitrogens with two attached hydrogens (primary N) is 1. The molecule has 0 unspecified atom stereocenters. The molecule has 1 saturated heterocycles. The number of hydrogen-bond acceptors (Lipinski definition) is 6. The molecule has 0 spiro atoms. The Morgan fingerprint density at radius 2 is 1.87 bits per heavy atom. The van der Waals surface area contributed by atoms with Gasteiger partial charge >= 0.3 is 0 Å². The van der Waals surface area contributed by atoms with Crippen LogP contribution in [0.5, 0.6) is 0 Å². The number of amides is 2. The molecule has 9 nitrogen and oxygen atoms in total. The van der Waals surface area contributed by atoms with E-state index >= 15 is 0 Å². The first kappa shape index (κ1) is 21.5. The van der Waals surface area contributed by atoms with Crippen LogP contribution in [0.25, 0.3) is 0 Å². The molecule has 0 saturated carbocycles. The Bertz CT molecular complexity index is 995. The van der Waals surface area contributed by atoms with Crippen LogP contribution in [0.4, 0.5) is 21.5 Å². The van der Waals surface area contributed by atoms with Gasteiger partial charge in [-0.05, 0) is 18.2 Å². The molecule has 1 aliphatic rings. The summed E-state index contributed by atoms with van der Waals surface area (Å²) in [5.41, 5.74) is 4.97. The van der Waals surface area contributed by atoms with Crippen LogP contribution >= 0.6 is 11.6 Å². The van der Waals surface area contributed by atoms with Crippen molar-refractivity contribution >= 4 is 40.5 Å². The average molecular weight is 436 g/mol. The minimum absolute atomic E-state index is 0.112. The van der Waals surface area contributed by atoms with Crippen molar-refractivity contribution in [1.82, 2.24) is 9.80 Å². The molecule has 2 aromatic rings. The number of nitro benzene ring substituents is 1. The number of anilines is 2.